The number of hydrogen-bond acceptors (Lipinski definition) is 2. The molecule has 4 atom stereocenters. The van der Waals surface area contributed by atoms with Crippen molar-refractivity contribution < 1.29 is 0 Å². The molecule has 2 aliphatic rings. The van der Waals surface area contributed by atoms with Crippen molar-refractivity contribution in [3.8, 4) is 0 Å². The average Bonchev–Trinajstić information content (AvgIpc) is 2.78. The van der Waals surface area contributed by atoms with Crippen LogP contribution in [0.1, 0.15) is 59.8 Å². The van der Waals surface area contributed by atoms with Crippen molar-refractivity contribution in [3.05, 3.63) is 0 Å². The van der Waals surface area contributed by atoms with Crippen LogP contribution in [-0.4, -0.2) is 36.1 Å². The summed E-state index contributed by atoms with van der Waals surface area (Å²) in [4.78, 5) is 2.84. The predicted octanol–water partition coefficient (Wildman–Crippen LogP) is 3.03. The van der Waals surface area contributed by atoms with Crippen molar-refractivity contribution in [2.24, 2.45) is 5.41 Å². The van der Waals surface area contributed by atoms with E-state index < -0.39 is 0 Å². The molecule has 17 heavy (non-hydrogen) atoms. The summed E-state index contributed by atoms with van der Waals surface area (Å²) in [6.45, 7) is 9.63. The van der Waals surface area contributed by atoms with Gasteiger partial charge >= 0.3 is 0 Å². The van der Waals surface area contributed by atoms with Gasteiger partial charge in [0.2, 0.25) is 0 Å². The maximum atomic E-state index is 3.60. The maximum Gasteiger partial charge on any atom is 0.0271 e. The van der Waals surface area contributed by atoms with Gasteiger partial charge in [0.15, 0.2) is 0 Å². The molecule has 4 unspecified atom stereocenters. The fourth-order valence-electron chi connectivity index (χ4n) is 4.37. The first-order valence-corrected chi connectivity index (χ1v) is 7.46. The second-order valence-corrected chi connectivity index (χ2v) is 6.80. The molecule has 1 aliphatic heterocycles. The Balaban J connectivity index is 2.16. The van der Waals surface area contributed by atoms with E-state index >= 15 is 0 Å². The van der Waals surface area contributed by atoms with Crippen LogP contribution in [0, 0.1) is 5.41 Å². The molecule has 2 rings (SSSR count). The van der Waals surface area contributed by atoms with Gasteiger partial charge in [-0.3, -0.25) is 4.90 Å². The van der Waals surface area contributed by atoms with E-state index in [-0.39, 0.29) is 0 Å². The van der Waals surface area contributed by atoms with Crippen LogP contribution in [-0.2, 0) is 0 Å². The number of likely N-dealkylation sites (tertiary alicyclic amines) is 1. The Bertz CT molecular complexity index is 262. The zero-order valence-electron chi connectivity index (χ0n) is 12.3. The lowest BCUT2D eigenvalue weighted by molar-refractivity contribution is 0.101. The van der Waals surface area contributed by atoms with E-state index in [1.165, 1.54) is 32.1 Å². The van der Waals surface area contributed by atoms with Gasteiger partial charge in [0.1, 0.15) is 0 Å². The van der Waals surface area contributed by atoms with Gasteiger partial charge in [-0.2, -0.15) is 0 Å². The molecule has 0 aromatic rings. The zero-order valence-corrected chi connectivity index (χ0v) is 12.3. The van der Waals surface area contributed by atoms with Crippen molar-refractivity contribution in [3.63, 3.8) is 0 Å². The van der Waals surface area contributed by atoms with E-state index in [0.717, 1.165) is 18.1 Å². The van der Waals surface area contributed by atoms with Gasteiger partial charge in [-0.25, -0.2) is 0 Å². The molecular formula is C15H30N2. The summed E-state index contributed by atoms with van der Waals surface area (Å²) >= 11 is 0. The van der Waals surface area contributed by atoms with E-state index in [4.69, 9.17) is 0 Å². The minimum absolute atomic E-state index is 0.458. The van der Waals surface area contributed by atoms with Crippen molar-refractivity contribution >= 4 is 0 Å². The monoisotopic (exact) mass is 238 g/mol. The Labute approximate surface area is 107 Å². The summed E-state index contributed by atoms with van der Waals surface area (Å²) in [7, 11) is 2.15. The predicted molar refractivity (Wildman–Crippen MR) is 74.3 cm³/mol. The molecule has 0 amide bonds. The van der Waals surface area contributed by atoms with Crippen molar-refractivity contribution in [2.75, 3.05) is 7.05 Å². The normalized spacial score (nSPS) is 42.2. The van der Waals surface area contributed by atoms with Gasteiger partial charge in [-0.05, 0) is 51.5 Å². The highest BCUT2D eigenvalue weighted by Gasteiger charge is 2.47. The molecule has 2 fully saturated rings. The number of hydrogen-bond donors (Lipinski definition) is 1. The van der Waals surface area contributed by atoms with Gasteiger partial charge in [0.05, 0.1) is 0 Å². The third-order valence-electron chi connectivity index (χ3n) is 5.32. The molecule has 1 N–H and O–H groups in total. The van der Waals surface area contributed by atoms with E-state index in [9.17, 15) is 0 Å². The molecule has 1 saturated carbocycles. The van der Waals surface area contributed by atoms with Gasteiger partial charge in [0.25, 0.3) is 0 Å². The maximum absolute atomic E-state index is 3.60. The van der Waals surface area contributed by atoms with Crippen LogP contribution in [0.4, 0.5) is 0 Å². The quantitative estimate of drug-likeness (QED) is 0.813. The molecule has 0 aromatic heterocycles. The van der Waals surface area contributed by atoms with Gasteiger partial charge in [-0.1, -0.05) is 20.8 Å². The lowest BCUT2D eigenvalue weighted by atomic mass is 9.86. The standard InChI is InChI=1S/C15H30N2/c1-6-12-8-7-11(2)17(12)13-9-10-15(3,4)14(13)16-5/h11-14,16H,6-10H2,1-5H3. The van der Waals surface area contributed by atoms with Crippen LogP contribution < -0.4 is 5.32 Å². The SMILES string of the molecule is CCC1CCC(C)N1C1CCC(C)(C)C1NC. The Hall–Kier alpha value is -0.0800. The molecule has 100 valence electrons. The smallest absolute Gasteiger partial charge is 0.0271 e. The first-order chi connectivity index (χ1) is 8.01. The van der Waals surface area contributed by atoms with Crippen LogP contribution in [0.15, 0.2) is 0 Å². The minimum atomic E-state index is 0.458. The summed E-state index contributed by atoms with van der Waals surface area (Å²) in [5.74, 6) is 0. The Kier molecular flexibility index (Phi) is 3.84. The molecule has 0 aromatic carbocycles. The number of likely N-dealkylation sites (N-methyl/N-ethyl adjacent to an activating group) is 1. The lowest BCUT2D eigenvalue weighted by Crippen LogP contribution is -2.53. The van der Waals surface area contributed by atoms with Crippen molar-refractivity contribution in [1.82, 2.24) is 10.2 Å². The Morgan fingerprint density at radius 1 is 1.24 bits per heavy atom. The van der Waals surface area contributed by atoms with Crippen molar-refractivity contribution in [2.45, 2.75) is 84.0 Å². The molecule has 0 spiro atoms. The number of rotatable bonds is 3. The third kappa shape index (κ3) is 2.26. The zero-order chi connectivity index (χ0) is 12.6. The van der Waals surface area contributed by atoms with Gasteiger partial charge < -0.3 is 5.32 Å². The molecule has 2 nitrogen and oxygen atoms in total. The first-order valence-electron chi connectivity index (χ1n) is 7.46. The average molecular weight is 238 g/mol. The van der Waals surface area contributed by atoms with Gasteiger partial charge in [-0.15, -0.1) is 0 Å². The van der Waals surface area contributed by atoms with Crippen LogP contribution in [0.5, 0.6) is 0 Å². The lowest BCUT2D eigenvalue weighted by Gasteiger charge is -2.40. The third-order valence-corrected chi connectivity index (χ3v) is 5.32. The number of nitrogens with zero attached hydrogens (tertiary/aromatic N) is 1. The highest BCUT2D eigenvalue weighted by Crippen LogP contribution is 2.43. The summed E-state index contributed by atoms with van der Waals surface area (Å²) in [5, 5.41) is 3.60. The summed E-state index contributed by atoms with van der Waals surface area (Å²) in [5.41, 5.74) is 0.458. The molecule has 1 heterocycles. The molecule has 1 aliphatic carbocycles. The second-order valence-electron chi connectivity index (χ2n) is 6.80. The highest BCUT2D eigenvalue weighted by molar-refractivity contribution is 5.04. The van der Waals surface area contributed by atoms with Crippen LogP contribution >= 0.6 is 0 Å². The van der Waals surface area contributed by atoms with E-state index in [0.29, 0.717) is 11.5 Å². The largest absolute Gasteiger partial charge is 0.315 e. The summed E-state index contributed by atoms with van der Waals surface area (Å²) in [6.07, 6.45) is 6.86. The Morgan fingerprint density at radius 3 is 2.53 bits per heavy atom. The second kappa shape index (κ2) is 4.89. The van der Waals surface area contributed by atoms with Crippen molar-refractivity contribution in [1.29, 1.82) is 0 Å². The molecular weight excluding hydrogens is 208 g/mol. The van der Waals surface area contributed by atoms with Crippen LogP contribution in [0.25, 0.3) is 0 Å². The summed E-state index contributed by atoms with van der Waals surface area (Å²) in [6, 6.07) is 3.05. The summed E-state index contributed by atoms with van der Waals surface area (Å²) < 4.78 is 0. The fraction of sp³-hybridized carbons (Fsp3) is 1.00. The van der Waals surface area contributed by atoms with E-state index in [1.54, 1.807) is 0 Å². The minimum Gasteiger partial charge on any atom is -0.315 e. The topological polar surface area (TPSA) is 15.3 Å². The molecule has 1 saturated heterocycles. The van der Waals surface area contributed by atoms with Gasteiger partial charge in [0, 0.05) is 24.2 Å². The molecule has 0 radical (unpaired) electrons. The number of nitrogens with one attached hydrogen (secondary N) is 1. The first kappa shape index (κ1) is 13.4. The van der Waals surface area contributed by atoms with Crippen LogP contribution in [0.2, 0.25) is 0 Å². The van der Waals surface area contributed by atoms with E-state index in [1.807, 2.05) is 0 Å². The van der Waals surface area contributed by atoms with Crippen LogP contribution in [0.3, 0.4) is 0 Å². The fourth-order valence-corrected chi connectivity index (χ4v) is 4.37. The molecule has 0 bridgehead atoms. The highest BCUT2D eigenvalue weighted by atomic mass is 15.3. The molecule has 2 heteroatoms. The Morgan fingerprint density at radius 2 is 1.94 bits per heavy atom. The van der Waals surface area contributed by atoms with E-state index in [2.05, 4.69) is 45.0 Å².